The van der Waals surface area contributed by atoms with Crippen molar-refractivity contribution in [2.75, 3.05) is 13.7 Å². The fourth-order valence-electron chi connectivity index (χ4n) is 3.63. The number of nitrogens with zero attached hydrogens (tertiary/aromatic N) is 1. The molecule has 4 nitrogen and oxygen atoms in total. The van der Waals surface area contributed by atoms with Crippen molar-refractivity contribution >= 4 is 5.91 Å². The molecule has 1 aromatic carbocycles. The predicted octanol–water partition coefficient (Wildman–Crippen LogP) is 2.28. The summed E-state index contributed by atoms with van der Waals surface area (Å²) < 4.78 is 5.65. The Balaban J connectivity index is 1.79. The minimum absolute atomic E-state index is 0.0888. The van der Waals surface area contributed by atoms with Crippen molar-refractivity contribution in [3.63, 3.8) is 0 Å². The third-order valence-corrected chi connectivity index (χ3v) is 4.88. The highest BCUT2D eigenvalue weighted by atomic mass is 16.5. The van der Waals surface area contributed by atoms with E-state index in [0.29, 0.717) is 6.61 Å². The van der Waals surface area contributed by atoms with Gasteiger partial charge in [0.25, 0.3) is 0 Å². The number of ether oxygens (including phenoxy) is 1. The van der Waals surface area contributed by atoms with Gasteiger partial charge in [-0.15, -0.1) is 0 Å². The lowest BCUT2D eigenvalue weighted by Gasteiger charge is -2.38. The van der Waals surface area contributed by atoms with E-state index in [4.69, 9.17) is 10.5 Å². The topological polar surface area (TPSA) is 55.6 Å². The van der Waals surface area contributed by atoms with E-state index in [-0.39, 0.29) is 23.9 Å². The Morgan fingerprint density at radius 2 is 2.00 bits per heavy atom. The van der Waals surface area contributed by atoms with Crippen LogP contribution in [0.4, 0.5) is 0 Å². The maximum absolute atomic E-state index is 12.9. The van der Waals surface area contributed by atoms with E-state index >= 15 is 0 Å². The third kappa shape index (κ3) is 2.77. The number of carbonyl (C=O) groups is 1. The molecule has 0 bridgehead atoms. The molecule has 1 aromatic rings. The molecule has 3 rings (SSSR count). The molecule has 2 aliphatic rings. The average molecular weight is 288 g/mol. The van der Waals surface area contributed by atoms with Gasteiger partial charge in [-0.25, -0.2) is 0 Å². The minimum atomic E-state index is -0.0888. The summed E-state index contributed by atoms with van der Waals surface area (Å²) in [5.74, 6) is 0.950. The van der Waals surface area contributed by atoms with Crippen LogP contribution in [0.5, 0.6) is 5.75 Å². The molecule has 1 aliphatic heterocycles. The number of likely N-dealkylation sites (N-methyl/N-ethyl adjacent to an activating group) is 1. The predicted molar refractivity (Wildman–Crippen MR) is 82.3 cm³/mol. The zero-order valence-corrected chi connectivity index (χ0v) is 12.6. The maximum atomic E-state index is 12.9. The molecule has 114 valence electrons. The van der Waals surface area contributed by atoms with E-state index < -0.39 is 0 Å². The van der Waals surface area contributed by atoms with Crippen molar-refractivity contribution in [1.29, 1.82) is 0 Å². The van der Waals surface area contributed by atoms with E-state index in [1.54, 1.807) is 0 Å². The summed E-state index contributed by atoms with van der Waals surface area (Å²) in [7, 11) is 1.91. The molecule has 3 unspecified atom stereocenters. The summed E-state index contributed by atoms with van der Waals surface area (Å²) in [5.41, 5.74) is 7.24. The summed E-state index contributed by atoms with van der Waals surface area (Å²) in [6, 6.07) is 8.17. The van der Waals surface area contributed by atoms with E-state index in [2.05, 4.69) is 0 Å². The van der Waals surface area contributed by atoms with Crippen molar-refractivity contribution < 1.29 is 9.53 Å². The first kappa shape index (κ1) is 14.4. The summed E-state index contributed by atoms with van der Waals surface area (Å²) in [6.07, 6.45) is 5.14. The van der Waals surface area contributed by atoms with Crippen molar-refractivity contribution in [2.45, 2.75) is 50.1 Å². The summed E-state index contributed by atoms with van der Waals surface area (Å²) >= 11 is 0. The molecular weight excluding hydrogens is 264 g/mol. The van der Waals surface area contributed by atoms with Crippen LogP contribution in [0.3, 0.4) is 0 Å². The van der Waals surface area contributed by atoms with Gasteiger partial charge in [-0.2, -0.15) is 0 Å². The number of amides is 1. The van der Waals surface area contributed by atoms with Crippen LogP contribution < -0.4 is 10.5 Å². The molecular formula is C17H24N2O2. The number of benzene rings is 1. The standard InChI is InChI=1S/C17H24N2O2/c1-19(15-8-4-3-7-14(15)18)17(20)13-10-11-21-16-9-5-2-6-12(13)16/h2,5-6,9,13-15H,3-4,7-8,10-11,18H2,1H3. The molecule has 1 fully saturated rings. The number of hydrogen-bond acceptors (Lipinski definition) is 3. The first-order valence-corrected chi connectivity index (χ1v) is 7.92. The Labute approximate surface area is 126 Å². The summed E-state index contributed by atoms with van der Waals surface area (Å²) in [5, 5.41) is 0. The van der Waals surface area contributed by atoms with E-state index in [9.17, 15) is 4.79 Å². The lowest BCUT2D eigenvalue weighted by atomic mass is 9.87. The molecule has 2 N–H and O–H groups in total. The summed E-state index contributed by atoms with van der Waals surface area (Å²) in [6.45, 7) is 0.609. The largest absolute Gasteiger partial charge is 0.493 e. The lowest BCUT2D eigenvalue weighted by Crippen LogP contribution is -2.51. The number of rotatable bonds is 2. The number of fused-ring (bicyclic) bond motifs is 1. The van der Waals surface area contributed by atoms with Crippen molar-refractivity contribution in [3.8, 4) is 5.75 Å². The fraction of sp³-hybridized carbons (Fsp3) is 0.588. The molecule has 4 heteroatoms. The molecule has 1 amide bonds. The zero-order valence-electron chi connectivity index (χ0n) is 12.6. The molecule has 0 aromatic heterocycles. The molecule has 0 spiro atoms. The quantitative estimate of drug-likeness (QED) is 0.908. The first-order valence-electron chi connectivity index (χ1n) is 7.92. The Morgan fingerprint density at radius 1 is 1.24 bits per heavy atom. The Bertz CT molecular complexity index is 517. The van der Waals surface area contributed by atoms with Gasteiger partial charge in [-0.05, 0) is 25.3 Å². The fourth-order valence-corrected chi connectivity index (χ4v) is 3.63. The zero-order chi connectivity index (χ0) is 14.8. The third-order valence-electron chi connectivity index (χ3n) is 4.88. The Kier molecular flexibility index (Phi) is 4.15. The number of carbonyl (C=O) groups excluding carboxylic acids is 1. The molecule has 1 saturated carbocycles. The van der Waals surface area contributed by atoms with Gasteiger partial charge in [0.2, 0.25) is 5.91 Å². The second kappa shape index (κ2) is 6.06. The number of para-hydroxylation sites is 1. The van der Waals surface area contributed by atoms with Crippen LogP contribution in [0.2, 0.25) is 0 Å². The van der Waals surface area contributed by atoms with Gasteiger partial charge in [0.15, 0.2) is 0 Å². The normalized spacial score (nSPS) is 28.4. The monoisotopic (exact) mass is 288 g/mol. The van der Waals surface area contributed by atoms with Gasteiger partial charge < -0.3 is 15.4 Å². The Morgan fingerprint density at radius 3 is 2.81 bits per heavy atom. The highest BCUT2D eigenvalue weighted by molar-refractivity contribution is 5.85. The lowest BCUT2D eigenvalue weighted by molar-refractivity contribution is -0.135. The number of hydrogen-bond donors (Lipinski definition) is 1. The van der Waals surface area contributed by atoms with Gasteiger partial charge in [0, 0.05) is 24.7 Å². The van der Waals surface area contributed by atoms with Crippen LogP contribution in [-0.2, 0) is 4.79 Å². The van der Waals surface area contributed by atoms with Gasteiger partial charge in [0.05, 0.1) is 12.5 Å². The van der Waals surface area contributed by atoms with Crippen LogP contribution in [0.1, 0.15) is 43.6 Å². The molecule has 0 saturated heterocycles. The van der Waals surface area contributed by atoms with Gasteiger partial charge in [-0.1, -0.05) is 31.0 Å². The molecule has 0 radical (unpaired) electrons. The van der Waals surface area contributed by atoms with Gasteiger partial charge in [-0.3, -0.25) is 4.79 Å². The van der Waals surface area contributed by atoms with Crippen LogP contribution in [0, 0.1) is 0 Å². The van der Waals surface area contributed by atoms with Crippen LogP contribution >= 0.6 is 0 Å². The summed E-state index contributed by atoms with van der Waals surface area (Å²) in [4.78, 5) is 14.8. The first-order chi connectivity index (χ1) is 10.2. The minimum Gasteiger partial charge on any atom is -0.493 e. The smallest absolute Gasteiger partial charge is 0.230 e. The Hall–Kier alpha value is -1.55. The maximum Gasteiger partial charge on any atom is 0.230 e. The molecule has 1 aliphatic carbocycles. The second-order valence-corrected chi connectivity index (χ2v) is 6.19. The van der Waals surface area contributed by atoms with Crippen LogP contribution in [0.25, 0.3) is 0 Å². The van der Waals surface area contributed by atoms with Crippen molar-refractivity contribution in [2.24, 2.45) is 5.73 Å². The van der Waals surface area contributed by atoms with Gasteiger partial charge in [0.1, 0.15) is 5.75 Å². The molecule has 21 heavy (non-hydrogen) atoms. The van der Waals surface area contributed by atoms with E-state index in [0.717, 1.165) is 30.6 Å². The van der Waals surface area contributed by atoms with E-state index in [1.165, 1.54) is 12.8 Å². The highest BCUT2D eigenvalue weighted by Gasteiger charge is 2.34. The SMILES string of the molecule is CN(C(=O)C1CCOc2ccccc21)C1CCCCC1N. The number of nitrogens with two attached hydrogens (primary N) is 1. The van der Waals surface area contributed by atoms with Crippen molar-refractivity contribution in [3.05, 3.63) is 29.8 Å². The highest BCUT2D eigenvalue weighted by Crippen LogP contribution is 2.35. The van der Waals surface area contributed by atoms with Gasteiger partial charge >= 0.3 is 0 Å². The molecule has 1 heterocycles. The average Bonchev–Trinajstić information content (AvgIpc) is 2.53. The second-order valence-electron chi connectivity index (χ2n) is 6.19. The van der Waals surface area contributed by atoms with E-state index in [1.807, 2.05) is 36.2 Å². The van der Waals surface area contributed by atoms with Crippen LogP contribution in [0.15, 0.2) is 24.3 Å². The van der Waals surface area contributed by atoms with Crippen LogP contribution in [-0.4, -0.2) is 36.5 Å². The van der Waals surface area contributed by atoms with Crippen molar-refractivity contribution in [1.82, 2.24) is 4.90 Å². The molecule has 3 atom stereocenters.